The minimum atomic E-state index is -3.68. The number of hydrogen-bond acceptors (Lipinski definition) is 3. The molecule has 0 saturated carbocycles. The molecule has 0 heterocycles. The van der Waals surface area contributed by atoms with Gasteiger partial charge in [0.2, 0.25) is 10.0 Å². The first-order valence-corrected chi connectivity index (χ1v) is 11.4. The van der Waals surface area contributed by atoms with Crippen molar-refractivity contribution in [2.75, 3.05) is 7.11 Å². The van der Waals surface area contributed by atoms with Crippen molar-refractivity contribution in [2.45, 2.75) is 70.7 Å². The minimum Gasteiger partial charge on any atom is -0.496 e. The zero-order valence-electron chi connectivity index (χ0n) is 18.0. The van der Waals surface area contributed by atoms with Crippen LogP contribution in [0.5, 0.6) is 5.75 Å². The van der Waals surface area contributed by atoms with Gasteiger partial charge in [-0.15, -0.1) is 0 Å². The predicted octanol–water partition coefficient (Wildman–Crippen LogP) is 5.54. The number of sulfonamides is 1. The highest BCUT2D eigenvalue weighted by Crippen LogP contribution is 2.35. The lowest BCUT2D eigenvalue weighted by molar-refractivity contribution is 0.409. The maximum absolute atomic E-state index is 13.4. The highest BCUT2D eigenvalue weighted by molar-refractivity contribution is 7.89. The summed E-state index contributed by atoms with van der Waals surface area (Å²) in [5.74, 6) is 1.23. The van der Waals surface area contributed by atoms with Crippen molar-refractivity contribution >= 4 is 10.0 Å². The number of ether oxygens (including phenoxy) is 1. The van der Waals surface area contributed by atoms with Crippen LogP contribution in [-0.2, 0) is 16.6 Å². The van der Waals surface area contributed by atoms with Crippen molar-refractivity contribution in [2.24, 2.45) is 0 Å². The fraction of sp³-hybridized carbons (Fsp3) is 0.478. The lowest BCUT2D eigenvalue weighted by Gasteiger charge is -2.23. The van der Waals surface area contributed by atoms with E-state index in [4.69, 9.17) is 4.74 Å². The second-order valence-corrected chi connectivity index (χ2v) is 9.83. The Morgan fingerprint density at radius 1 is 0.893 bits per heavy atom. The van der Waals surface area contributed by atoms with Crippen LogP contribution in [0, 0.1) is 0 Å². The minimum absolute atomic E-state index is 0.106. The molecule has 0 unspecified atom stereocenters. The predicted molar refractivity (Wildman–Crippen MR) is 116 cm³/mol. The zero-order valence-corrected chi connectivity index (χ0v) is 18.9. The molecule has 4 nitrogen and oxygen atoms in total. The molecule has 0 spiro atoms. The largest absolute Gasteiger partial charge is 0.496 e. The second kappa shape index (κ2) is 9.10. The average molecular weight is 404 g/mol. The Morgan fingerprint density at radius 2 is 1.43 bits per heavy atom. The third-order valence-electron chi connectivity index (χ3n) is 4.99. The second-order valence-electron chi connectivity index (χ2n) is 8.13. The highest BCUT2D eigenvalue weighted by Gasteiger charge is 2.27. The SMILES string of the molecule is COc1ccccc1CNS(=O)(=O)c1c(C(C)C)cc(C(C)C)cc1C(C)C. The van der Waals surface area contributed by atoms with E-state index in [1.807, 2.05) is 52.0 Å². The van der Waals surface area contributed by atoms with E-state index in [0.717, 1.165) is 16.7 Å². The van der Waals surface area contributed by atoms with Gasteiger partial charge in [0.05, 0.1) is 12.0 Å². The summed E-state index contributed by atoms with van der Waals surface area (Å²) in [6, 6.07) is 11.6. The van der Waals surface area contributed by atoms with Crippen LogP contribution in [0.3, 0.4) is 0 Å². The van der Waals surface area contributed by atoms with Crippen LogP contribution in [-0.4, -0.2) is 15.5 Å². The zero-order chi connectivity index (χ0) is 21.1. The molecule has 0 aliphatic heterocycles. The van der Waals surface area contributed by atoms with Crippen molar-refractivity contribution in [3.05, 3.63) is 58.7 Å². The molecule has 28 heavy (non-hydrogen) atoms. The van der Waals surface area contributed by atoms with Crippen LogP contribution in [0.2, 0.25) is 0 Å². The Balaban J connectivity index is 2.54. The van der Waals surface area contributed by atoms with E-state index in [1.165, 1.54) is 5.56 Å². The summed E-state index contributed by atoms with van der Waals surface area (Å²) < 4.78 is 34.9. The van der Waals surface area contributed by atoms with Gasteiger partial charge in [-0.1, -0.05) is 71.9 Å². The normalized spacial score (nSPS) is 12.2. The fourth-order valence-electron chi connectivity index (χ4n) is 3.29. The van der Waals surface area contributed by atoms with Crippen molar-refractivity contribution in [1.29, 1.82) is 0 Å². The van der Waals surface area contributed by atoms with E-state index in [1.54, 1.807) is 7.11 Å². The molecule has 0 atom stereocenters. The first-order chi connectivity index (χ1) is 13.1. The van der Waals surface area contributed by atoms with Gasteiger partial charge in [-0.25, -0.2) is 13.1 Å². The van der Waals surface area contributed by atoms with E-state index in [0.29, 0.717) is 16.6 Å². The summed E-state index contributed by atoms with van der Waals surface area (Å²) in [5, 5.41) is 0. The van der Waals surface area contributed by atoms with Gasteiger partial charge in [0, 0.05) is 12.1 Å². The van der Waals surface area contributed by atoms with Crippen molar-refractivity contribution in [3.63, 3.8) is 0 Å². The molecule has 5 heteroatoms. The molecule has 2 rings (SSSR count). The fourth-order valence-corrected chi connectivity index (χ4v) is 4.99. The smallest absolute Gasteiger partial charge is 0.241 e. The van der Waals surface area contributed by atoms with Crippen LogP contribution >= 0.6 is 0 Å². The van der Waals surface area contributed by atoms with E-state index in [2.05, 4.69) is 30.7 Å². The Kier molecular flexibility index (Phi) is 7.29. The Hall–Kier alpha value is -1.85. The van der Waals surface area contributed by atoms with Crippen molar-refractivity contribution in [3.8, 4) is 5.75 Å². The first kappa shape index (κ1) is 22.4. The van der Waals surface area contributed by atoms with Gasteiger partial charge in [0.1, 0.15) is 5.75 Å². The van der Waals surface area contributed by atoms with Gasteiger partial charge in [0.15, 0.2) is 0 Å². The number of methoxy groups -OCH3 is 1. The molecule has 2 aromatic rings. The maximum Gasteiger partial charge on any atom is 0.241 e. The summed E-state index contributed by atoms with van der Waals surface area (Å²) in [7, 11) is -2.09. The molecule has 154 valence electrons. The van der Waals surface area contributed by atoms with Gasteiger partial charge >= 0.3 is 0 Å². The number of benzene rings is 2. The van der Waals surface area contributed by atoms with Crippen molar-refractivity contribution in [1.82, 2.24) is 4.72 Å². The van der Waals surface area contributed by atoms with Gasteiger partial charge in [-0.2, -0.15) is 0 Å². The molecule has 0 aliphatic rings. The lowest BCUT2D eigenvalue weighted by atomic mass is 9.89. The summed E-state index contributed by atoms with van der Waals surface area (Å²) >= 11 is 0. The number of nitrogens with one attached hydrogen (secondary N) is 1. The van der Waals surface area contributed by atoms with E-state index in [-0.39, 0.29) is 18.4 Å². The molecule has 0 aliphatic carbocycles. The van der Waals surface area contributed by atoms with Gasteiger partial charge < -0.3 is 4.74 Å². The van der Waals surface area contributed by atoms with E-state index in [9.17, 15) is 8.42 Å². The number of para-hydroxylation sites is 1. The van der Waals surface area contributed by atoms with Crippen LogP contribution in [0.25, 0.3) is 0 Å². The molecule has 0 radical (unpaired) electrons. The van der Waals surface area contributed by atoms with Gasteiger partial charge in [-0.3, -0.25) is 0 Å². The molecule has 0 saturated heterocycles. The van der Waals surface area contributed by atoms with Crippen LogP contribution in [0.4, 0.5) is 0 Å². The Labute approximate surface area is 170 Å². The number of hydrogen-bond donors (Lipinski definition) is 1. The van der Waals surface area contributed by atoms with Crippen LogP contribution in [0.15, 0.2) is 41.3 Å². The topological polar surface area (TPSA) is 55.4 Å². The lowest BCUT2D eigenvalue weighted by Crippen LogP contribution is -2.26. The highest BCUT2D eigenvalue weighted by atomic mass is 32.2. The number of rotatable bonds is 8. The maximum atomic E-state index is 13.4. The van der Waals surface area contributed by atoms with E-state index >= 15 is 0 Å². The average Bonchev–Trinajstić information content (AvgIpc) is 2.65. The summed E-state index contributed by atoms with van der Waals surface area (Å²) in [5.41, 5.74) is 3.74. The molecule has 0 bridgehead atoms. The molecule has 0 amide bonds. The molecular formula is C23H33NO3S. The van der Waals surface area contributed by atoms with Crippen LogP contribution < -0.4 is 9.46 Å². The molecule has 0 fully saturated rings. The third kappa shape index (κ3) is 4.95. The summed E-state index contributed by atoms with van der Waals surface area (Å²) in [4.78, 5) is 0.428. The third-order valence-corrected chi connectivity index (χ3v) is 6.53. The molecular weight excluding hydrogens is 370 g/mol. The van der Waals surface area contributed by atoms with Gasteiger partial charge in [0.25, 0.3) is 0 Å². The monoisotopic (exact) mass is 403 g/mol. The van der Waals surface area contributed by atoms with Gasteiger partial charge in [-0.05, 0) is 40.5 Å². The summed E-state index contributed by atoms with van der Waals surface area (Å²) in [6.07, 6.45) is 0. The standard InChI is InChI=1S/C23H33NO3S/c1-15(2)19-12-20(16(3)4)23(21(13-19)17(5)6)28(25,26)24-14-18-10-8-9-11-22(18)27-7/h8-13,15-17,24H,14H2,1-7H3. The van der Waals surface area contributed by atoms with E-state index < -0.39 is 10.0 Å². The van der Waals surface area contributed by atoms with Crippen molar-refractivity contribution < 1.29 is 13.2 Å². The molecule has 2 aromatic carbocycles. The Bertz CT molecular complexity index is 886. The van der Waals surface area contributed by atoms with Crippen LogP contribution in [0.1, 0.15) is 81.5 Å². The molecule has 0 aromatic heterocycles. The molecule has 1 N–H and O–H groups in total. The first-order valence-electron chi connectivity index (χ1n) is 9.87. The summed E-state index contributed by atoms with van der Waals surface area (Å²) in [6.45, 7) is 12.6. The quantitative estimate of drug-likeness (QED) is 0.629. The Morgan fingerprint density at radius 3 is 1.89 bits per heavy atom.